The molecule has 0 spiro atoms. The monoisotopic (exact) mass is 279 g/mol. The topological polar surface area (TPSA) is 43.8 Å². The molecule has 0 amide bonds. The first-order valence-electron chi connectivity index (χ1n) is 6.97. The van der Waals surface area contributed by atoms with Crippen LogP contribution in [0.5, 0.6) is 0 Å². The number of rotatable bonds is 6. The van der Waals surface area contributed by atoms with E-state index in [-0.39, 0.29) is 0 Å². The van der Waals surface area contributed by atoms with Crippen molar-refractivity contribution < 1.29 is 0 Å². The van der Waals surface area contributed by atoms with Gasteiger partial charge in [-0.15, -0.1) is 0 Å². The Morgan fingerprint density at radius 2 is 2.16 bits per heavy atom. The summed E-state index contributed by atoms with van der Waals surface area (Å²) in [4.78, 5) is 4.69. The molecule has 4 heteroatoms. The maximum atomic E-state index is 6.24. The second kappa shape index (κ2) is 6.40. The summed E-state index contributed by atoms with van der Waals surface area (Å²) >= 11 is 6.24. The molecular weight excluding hydrogens is 258 g/mol. The van der Waals surface area contributed by atoms with Gasteiger partial charge >= 0.3 is 0 Å². The summed E-state index contributed by atoms with van der Waals surface area (Å²) in [6, 6.07) is 5.88. The number of nitrogens with zero attached hydrogens (tertiary/aromatic N) is 2. The van der Waals surface area contributed by atoms with Gasteiger partial charge in [0.2, 0.25) is 0 Å². The van der Waals surface area contributed by atoms with Crippen LogP contribution < -0.4 is 5.73 Å². The largest absolute Gasteiger partial charge is 0.330 e. The molecule has 2 N–H and O–H groups in total. The molecule has 0 aliphatic rings. The third-order valence-electron chi connectivity index (χ3n) is 3.87. The summed E-state index contributed by atoms with van der Waals surface area (Å²) in [6.45, 7) is 3.00. The molecule has 0 saturated carbocycles. The number of para-hydroxylation sites is 1. The van der Waals surface area contributed by atoms with Gasteiger partial charge in [-0.2, -0.15) is 0 Å². The van der Waals surface area contributed by atoms with Crippen molar-refractivity contribution in [2.45, 2.75) is 32.6 Å². The third kappa shape index (κ3) is 3.10. The number of aryl methyl sites for hydroxylation is 2. The molecule has 2 rings (SSSR count). The van der Waals surface area contributed by atoms with Crippen molar-refractivity contribution in [3.05, 3.63) is 29.0 Å². The number of benzene rings is 1. The lowest BCUT2D eigenvalue weighted by Crippen LogP contribution is -2.10. The van der Waals surface area contributed by atoms with Crippen LogP contribution in [-0.4, -0.2) is 16.1 Å². The highest BCUT2D eigenvalue weighted by atomic mass is 35.5. The second-order valence-corrected chi connectivity index (χ2v) is 5.49. The van der Waals surface area contributed by atoms with Crippen molar-refractivity contribution >= 4 is 22.6 Å². The van der Waals surface area contributed by atoms with Crippen LogP contribution >= 0.6 is 11.6 Å². The Hall–Kier alpha value is -1.06. The van der Waals surface area contributed by atoms with Crippen LogP contribution in [-0.2, 0) is 13.5 Å². The Kier molecular flexibility index (Phi) is 4.83. The zero-order chi connectivity index (χ0) is 13.8. The normalized spacial score (nSPS) is 13.1. The van der Waals surface area contributed by atoms with Gasteiger partial charge in [0.05, 0.1) is 16.1 Å². The summed E-state index contributed by atoms with van der Waals surface area (Å²) in [5, 5.41) is 0.771. The van der Waals surface area contributed by atoms with Gasteiger partial charge in [-0.3, -0.25) is 0 Å². The first-order chi connectivity index (χ1) is 9.17. The van der Waals surface area contributed by atoms with Gasteiger partial charge in [-0.05, 0) is 37.4 Å². The van der Waals surface area contributed by atoms with E-state index in [4.69, 9.17) is 17.3 Å². The minimum Gasteiger partial charge on any atom is -0.330 e. The van der Waals surface area contributed by atoms with Gasteiger partial charge in [0.1, 0.15) is 5.82 Å². The standard InChI is InChI=1S/C15H22ClN3/c1-3-11(9-10-17)7-8-14-18-13-6-4-5-12(16)15(13)19(14)2/h4-6,11H,3,7-10,17H2,1-2H3. The summed E-state index contributed by atoms with van der Waals surface area (Å²) in [5.74, 6) is 1.80. The minimum absolute atomic E-state index is 0.695. The fourth-order valence-electron chi connectivity index (χ4n) is 2.61. The zero-order valence-electron chi connectivity index (χ0n) is 11.7. The second-order valence-electron chi connectivity index (χ2n) is 5.08. The number of hydrogen-bond acceptors (Lipinski definition) is 2. The van der Waals surface area contributed by atoms with Crippen molar-refractivity contribution in [1.29, 1.82) is 0 Å². The Labute approximate surface area is 119 Å². The highest BCUT2D eigenvalue weighted by Crippen LogP contribution is 2.25. The number of halogens is 1. The van der Waals surface area contributed by atoms with Gasteiger partial charge in [0, 0.05) is 13.5 Å². The molecule has 3 nitrogen and oxygen atoms in total. The summed E-state index contributed by atoms with van der Waals surface area (Å²) in [5.41, 5.74) is 7.66. The van der Waals surface area contributed by atoms with Crippen molar-refractivity contribution in [2.75, 3.05) is 6.54 Å². The fraction of sp³-hybridized carbons (Fsp3) is 0.533. The van der Waals surface area contributed by atoms with Gasteiger partial charge in [-0.25, -0.2) is 4.98 Å². The van der Waals surface area contributed by atoms with E-state index < -0.39 is 0 Å². The van der Waals surface area contributed by atoms with Gasteiger partial charge < -0.3 is 10.3 Å². The highest BCUT2D eigenvalue weighted by molar-refractivity contribution is 6.35. The van der Waals surface area contributed by atoms with Crippen LogP contribution in [0.4, 0.5) is 0 Å². The van der Waals surface area contributed by atoms with Crippen molar-refractivity contribution in [3.63, 3.8) is 0 Å². The van der Waals surface area contributed by atoms with E-state index in [1.165, 1.54) is 6.42 Å². The fourth-order valence-corrected chi connectivity index (χ4v) is 2.91. The number of aromatic nitrogens is 2. The van der Waals surface area contributed by atoms with Crippen molar-refractivity contribution in [2.24, 2.45) is 18.7 Å². The molecule has 0 radical (unpaired) electrons. The summed E-state index contributed by atoms with van der Waals surface area (Å²) in [6.07, 6.45) is 4.41. The Morgan fingerprint density at radius 3 is 2.79 bits per heavy atom. The Bertz CT molecular complexity index is 548. The van der Waals surface area contributed by atoms with Crippen LogP contribution in [0.1, 0.15) is 32.0 Å². The molecule has 19 heavy (non-hydrogen) atoms. The zero-order valence-corrected chi connectivity index (χ0v) is 12.5. The van der Waals surface area contributed by atoms with Crippen LogP contribution in [0.15, 0.2) is 18.2 Å². The average molecular weight is 280 g/mol. The van der Waals surface area contributed by atoms with Crippen LogP contribution in [0.25, 0.3) is 11.0 Å². The first kappa shape index (κ1) is 14.4. The molecule has 1 aromatic carbocycles. The Balaban J connectivity index is 2.17. The van der Waals surface area contributed by atoms with E-state index in [1.54, 1.807) is 0 Å². The van der Waals surface area contributed by atoms with E-state index in [1.807, 2.05) is 25.2 Å². The predicted molar refractivity (Wildman–Crippen MR) is 81.5 cm³/mol. The van der Waals surface area contributed by atoms with E-state index in [2.05, 4.69) is 16.5 Å². The van der Waals surface area contributed by atoms with E-state index in [0.29, 0.717) is 5.92 Å². The minimum atomic E-state index is 0.695. The molecular formula is C15H22ClN3. The summed E-state index contributed by atoms with van der Waals surface area (Å²) in [7, 11) is 2.04. The average Bonchev–Trinajstić information content (AvgIpc) is 2.73. The first-order valence-corrected chi connectivity index (χ1v) is 7.35. The molecule has 0 aliphatic heterocycles. The Morgan fingerprint density at radius 1 is 1.37 bits per heavy atom. The maximum absolute atomic E-state index is 6.24. The molecule has 2 aromatic rings. The van der Waals surface area contributed by atoms with E-state index in [0.717, 1.165) is 47.7 Å². The molecule has 0 bridgehead atoms. The highest BCUT2D eigenvalue weighted by Gasteiger charge is 2.12. The van der Waals surface area contributed by atoms with Crippen molar-refractivity contribution in [3.8, 4) is 0 Å². The molecule has 0 aliphatic carbocycles. The number of hydrogen-bond donors (Lipinski definition) is 1. The van der Waals surface area contributed by atoms with E-state index in [9.17, 15) is 0 Å². The van der Waals surface area contributed by atoms with Crippen LogP contribution in [0.3, 0.4) is 0 Å². The number of fused-ring (bicyclic) bond motifs is 1. The van der Waals surface area contributed by atoms with Crippen molar-refractivity contribution in [1.82, 2.24) is 9.55 Å². The van der Waals surface area contributed by atoms with Crippen LogP contribution in [0.2, 0.25) is 5.02 Å². The molecule has 0 saturated heterocycles. The summed E-state index contributed by atoms with van der Waals surface area (Å²) < 4.78 is 2.12. The lowest BCUT2D eigenvalue weighted by Gasteiger charge is -2.13. The quantitative estimate of drug-likeness (QED) is 0.879. The molecule has 1 atom stereocenters. The van der Waals surface area contributed by atoms with Gasteiger partial charge in [0.25, 0.3) is 0 Å². The third-order valence-corrected chi connectivity index (χ3v) is 4.17. The maximum Gasteiger partial charge on any atom is 0.109 e. The molecule has 1 aromatic heterocycles. The van der Waals surface area contributed by atoms with Gasteiger partial charge in [-0.1, -0.05) is 31.0 Å². The van der Waals surface area contributed by atoms with E-state index >= 15 is 0 Å². The molecule has 1 heterocycles. The van der Waals surface area contributed by atoms with Crippen LogP contribution in [0, 0.1) is 5.92 Å². The van der Waals surface area contributed by atoms with Gasteiger partial charge in [0.15, 0.2) is 0 Å². The molecule has 0 fully saturated rings. The number of imidazole rings is 1. The molecule has 1 unspecified atom stereocenters. The smallest absolute Gasteiger partial charge is 0.109 e. The SMILES string of the molecule is CCC(CCN)CCc1nc2cccc(Cl)c2n1C. The lowest BCUT2D eigenvalue weighted by molar-refractivity contribution is 0.437. The number of nitrogens with two attached hydrogens (primary N) is 1. The molecule has 104 valence electrons. The lowest BCUT2D eigenvalue weighted by atomic mass is 9.96. The predicted octanol–water partition coefficient (Wildman–Crippen LogP) is 3.53.